The quantitative estimate of drug-likeness (QED) is 0.730. The highest BCUT2D eigenvalue weighted by Crippen LogP contribution is 2.21. The van der Waals surface area contributed by atoms with Crippen molar-refractivity contribution in [3.63, 3.8) is 0 Å². The zero-order valence-electron chi connectivity index (χ0n) is 6.96. The van der Waals surface area contributed by atoms with Gasteiger partial charge in [-0.05, 0) is 29.3 Å². The van der Waals surface area contributed by atoms with Gasteiger partial charge >= 0.3 is 0 Å². The molecule has 0 heterocycles. The van der Waals surface area contributed by atoms with Crippen LogP contribution in [0.15, 0.2) is 24.3 Å². The first-order valence-electron chi connectivity index (χ1n) is 3.62. The van der Waals surface area contributed by atoms with Crippen LogP contribution in [0.25, 0.3) is 0 Å². The SMILES string of the molecule is COC(C(=O)Cl)c1ccc(Cl)cc1. The number of hydrogen-bond donors (Lipinski definition) is 0. The summed E-state index contributed by atoms with van der Waals surface area (Å²) in [6, 6.07) is 6.78. The molecule has 1 aromatic carbocycles. The normalized spacial score (nSPS) is 12.5. The molecule has 70 valence electrons. The van der Waals surface area contributed by atoms with Gasteiger partial charge in [0, 0.05) is 12.1 Å². The predicted molar refractivity (Wildman–Crippen MR) is 52.1 cm³/mol. The molecule has 0 radical (unpaired) electrons. The van der Waals surface area contributed by atoms with Crippen molar-refractivity contribution in [3.8, 4) is 0 Å². The Morgan fingerprint density at radius 1 is 1.38 bits per heavy atom. The molecule has 0 amide bonds. The number of benzene rings is 1. The molecule has 0 saturated heterocycles. The van der Waals surface area contributed by atoms with E-state index in [0.717, 1.165) is 0 Å². The van der Waals surface area contributed by atoms with E-state index in [0.29, 0.717) is 10.6 Å². The average Bonchev–Trinajstić information content (AvgIpc) is 2.09. The Balaban J connectivity index is 2.92. The van der Waals surface area contributed by atoms with Gasteiger partial charge in [0.15, 0.2) is 6.10 Å². The van der Waals surface area contributed by atoms with E-state index >= 15 is 0 Å². The van der Waals surface area contributed by atoms with Gasteiger partial charge in [-0.25, -0.2) is 0 Å². The first-order chi connectivity index (χ1) is 6.15. The molecule has 1 atom stereocenters. The first-order valence-corrected chi connectivity index (χ1v) is 4.38. The molecule has 0 bridgehead atoms. The van der Waals surface area contributed by atoms with Gasteiger partial charge in [-0.1, -0.05) is 23.7 Å². The van der Waals surface area contributed by atoms with Gasteiger partial charge in [0.2, 0.25) is 0 Å². The average molecular weight is 219 g/mol. The summed E-state index contributed by atoms with van der Waals surface area (Å²) in [7, 11) is 1.43. The van der Waals surface area contributed by atoms with Crippen LogP contribution in [0.3, 0.4) is 0 Å². The maximum atomic E-state index is 10.9. The Hall–Kier alpha value is -0.570. The predicted octanol–water partition coefficient (Wildman–Crippen LogP) is 2.79. The minimum absolute atomic E-state index is 0.537. The number of methoxy groups -OCH3 is 1. The van der Waals surface area contributed by atoms with Crippen molar-refractivity contribution in [2.24, 2.45) is 0 Å². The zero-order chi connectivity index (χ0) is 9.84. The maximum absolute atomic E-state index is 10.9. The second-order valence-corrected chi connectivity index (χ2v) is 3.28. The van der Waals surface area contributed by atoms with Crippen LogP contribution in [-0.2, 0) is 9.53 Å². The van der Waals surface area contributed by atoms with Crippen LogP contribution in [0.2, 0.25) is 5.02 Å². The minimum atomic E-state index is -0.709. The molecule has 0 aliphatic rings. The highest BCUT2D eigenvalue weighted by atomic mass is 35.5. The van der Waals surface area contributed by atoms with Crippen molar-refractivity contribution >= 4 is 28.4 Å². The van der Waals surface area contributed by atoms with E-state index in [1.54, 1.807) is 24.3 Å². The summed E-state index contributed by atoms with van der Waals surface area (Å²) in [4.78, 5) is 10.9. The smallest absolute Gasteiger partial charge is 0.255 e. The van der Waals surface area contributed by atoms with Crippen molar-refractivity contribution in [1.29, 1.82) is 0 Å². The van der Waals surface area contributed by atoms with Crippen molar-refractivity contribution in [2.45, 2.75) is 6.10 Å². The van der Waals surface area contributed by atoms with Crippen LogP contribution in [0.4, 0.5) is 0 Å². The van der Waals surface area contributed by atoms with Gasteiger partial charge in [0.25, 0.3) is 5.24 Å². The summed E-state index contributed by atoms with van der Waals surface area (Å²) in [5.41, 5.74) is 0.701. The van der Waals surface area contributed by atoms with E-state index in [1.165, 1.54) is 7.11 Å². The summed E-state index contributed by atoms with van der Waals surface area (Å²) in [6.07, 6.45) is -0.709. The third-order valence-electron chi connectivity index (χ3n) is 1.61. The summed E-state index contributed by atoms with van der Waals surface area (Å²) < 4.78 is 4.91. The van der Waals surface area contributed by atoms with E-state index in [1.807, 2.05) is 0 Å². The number of rotatable bonds is 3. The summed E-state index contributed by atoms with van der Waals surface area (Å²) in [5.74, 6) is 0. The van der Waals surface area contributed by atoms with Gasteiger partial charge in [-0.15, -0.1) is 0 Å². The lowest BCUT2D eigenvalue weighted by molar-refractivity contribution is -0.121. The van der Waals surface area contributed by atoms with E-state index in [9.17, 15) is 4.79 Å². The maximum Gasteiger partial charge on any atom is 0.255 e. The molecule has 0 fully saturated rings. The molecule has 0 N–H and O–H groups in total. The number of carbonyl (C=O) groups excluding carboxylic acids is 1. The molecule has 4 heteroatoms. The van der Waals surface area contributed by atoms with Crippen LogP contribution < -0.4 is 0 Å². The number of carbonyl (C=O) groups is 1. The van der Waals surface area contributed by atoms with Crippen LogP contribution >= 0.6 is 23.2 Å². The minimum Gasteiger partial charge on any atom is -0.368 e. The molecular formula is C9H8Cl2O2. The summed E-state index contributed by atoms with van der Waals surface area (Å²) in [6.45, 7) is 0. The van der Waals surface area contributed by atoms with Crippen molar-refractivity contribution in [1.82, 2.24) is 0 Å². The Labute approximate surface area is 86.4 Å². The highest BCUT2D eigenvalue weighted by molar-refractivity contribution is 6.64. The van der Waals surface area contributed by atoms with Crippen LogP contribution in [0.5, 0.6) is 0 Å². The monoisotopic (exact) mass is 218 g/mol. The van der Waals surface area contributed by atoms with Crippen LogP contribution in [-0.4, -0.2) is 12.4 Å². The Morgan fingerprint density at radius 3 is 2.31 bits per heavy atom. The molecule has 1 rings (SSSR count). The Morgan fingerprint density at radius 2 is 1.92 bits per heavy atom. The van der Waals surface area contributed by atoms with Crippen molar-refractivity contribution in [3.05, 3.63) is 34.9 Å². The molecule has 2 nitrogen and oxygen atoms in total. The fourth-order valence-corrected chi connectivity index (χ4v) is 1.34. The molecular weight excluding hydrogens is 211 g/mol. The molecule has 1 aromatic rings. The third kappa shape index (κ3) is 2.69. The van der Waals surface area contributed by atoms with Gasteiger partial charge < -0.3 is 4.74 Å². The lowest BCUT2D eigenvalue weighted by Gasteiger charge is -2.10. The van der Waals surface area contributed by atoms with Crippen molar-refractivity contribution in [2.75, 3.05) is 7.11 Å². The number of ether oxygens (including phenoxy) is 1. The standard InChI is InChI=1S/C9H8Cl2O2/c1-13-8(9(11)12)6-2-4-7(10)5-3-6/h2-5,8H,1H3. The summed E-state index contributed by atoms with van der Waals surface area (Å²) >= 11 is 11.0. The third-order valence-corrected chi connectivity index (χ3v) is 2.06. The van der Waals surface area contributed by atoms with Crippen LogP contribution in [0.1, 0.15) is 11.7 Å². The number of halogens is 2. The highest BCUT2D eigenvalue weighted by Gasteiger charge is 2.16. The fraction of sp³-hybridized carbons (Fsp3) is 0.222. The molecule has 1 unspecified atom stereocenters. The first kappa shape index (κ1) is 10.5. The second-order valence-electron chi connectivity index (χ2n) is 2.47. The molecule has 0 saturated carbocycles. The van der Waals surface area contributed by atoms with Gasteiger partial charge in [0.1, 0.15) is 0 Å². The largest absolute Gasteiger partial charge is 0.368 e. The van der Waals surface area contributed by atoms with E-state index < -0.39 is 11.3 Å². The fourth-order valence-electron chi connectivity index (χ4n) is 0.997. The molecule has 0 aliphatic heterocycles. The van der Waals surface area contributed by atoms with Crippen molar-refractivity contribution < 1.29 is 9.53 Å². The molecule has 0 spiro atoms. The van der Waals surface area contributed by atoms with Crippen LogP contribution in [0, 0.1) is 0 Å². The van der Waals surface area contributed by atoms with Gasteiger partial charge in [0.05, 0.1) is 0 Å². The molecule has 0 aromatic heterocycles. The lowest BCUT2D eigenvalue weighted by Crippen LogP contribution is -2.08. The number of hydrogen-bond acceptors (Lipinski definition) is 2. The van der Waals surface area contributed by atoms with E-state index in [2.05, 4.69) is 0 Å². The van der Waals surface area contributed by atoms with Gasteiger partial charge in [-0.3, -0.25) is 4.79 Å². The Bertz CT molecular complexity index is 295. The molecule has 0 aliphatic carbocycles. The van der Waals surface area contributed by atoms with E-state index in [-0.39, 0.29) is 0 Å². The van der Waals surface area contributed by atoms with Gasteiger partial charge in [-0.2, -0.15) is 0 Å². The van der Waals surface area contributed by atoms with E-state index in [4.69, 9.17) is 27.9 Å². The second kappa shape index (κ2) is 4.61. The lowest BCUT2D eigenvalue weighted by atomic mass is 10.1. The molecule has 13 heavy (non-hydrogen) atoms. The topological polar surface area (TPSA) is 26.3 Å². The summed E-state index contributed by atoms with van der Waals surface area (Å²) in [5, 5.41) is 0.0745. The zero-order valence-corrected chi connectivity index (χ0v) is 8.47. The Kier molecular flexibility index (Phi) is 3.72.